The zero-order valence-electron chi connectivity index (χ0n) is 11.7. The zero-order valence-corrected chi connectivity index (χ0v) is 11.7. The maximum Gasteiger partial charge on any atom is 0.323 e. The molecule has 1 saturated carbocycles. The molecule has 2 aliphatic rings. The third-order valence-electron chi connectivity index (χ3n) is 4.23. The molecule has 2 rings (SSSR count). The van der Waals surface area contributed by atoms with Crippen molar-refractivity contribution >= 4 is 12.0 Å². The molecule has 1 unspecified atom stereocenters. The van der Waals surface area contributed by atoms with Gasteiger partial charge in [-0.3, -0.25) is 4.79 Å². The van der Waals surface area contributed by atoms with Crippen LogP contribution in [0.5, 0.6) is 0 Å². The molecule has 1 heterocycles. The fraction of sp³-hybridized carbons (Fsp3) is 0.857. The monoisotopic (exact) mass is 268 g/mol. The van der Waals surface area contributed by atoms with Crippen LogP contribution < -0.4 is 0 Å². The van der Waals surface area contributed by atoms with Crippen LogP contribution in [-0.4, -0.2) is 52.6 Å². The fourth-order valence-corrected chi connectivity index (χ4v) is 2.83. The highest BCUT2D eigenvalue weighted by atomic mass is 16.4. The number of carboxylic acid groups (broad SMARTS) is 1. The highest BCUT2D eigenvalue weighted by Crippen LogP contribution is 2.28. The molecule has 0 aromatic rings. The Morgan fingerprint density at radius 1 is 1.21 bits per heavy atom. The van der Waals surface area contributed by atoms with Crippen molar-refractivity contribution in [2.45, 2.75) is 51.5 Å². The quantitative estimate of drug-likeness (QED) is 0.850. The van der Waals surface area contributed by atoms with E-state index >= 15 is 0 Å². The second kappa shape index (κ2) is 6.26. The van der Waals surface area contributed by atoms with Crippen molar-refractivity contribution in [3.8, 4) is 0 Å². The molecule has 0 radical (unpaired) electrons. The van der Waals surface area contributed by atoms with Gasteiger partial charge >= 0.3 is 12.0 Å². The van der Waals surface area contributed by atoms with Crippen LogP contribution in [0.3, 0.4) is 0 Å². The maximum absolute atomic E-state index is 12.5. The summed E-state index contributed by atoms with van der Waals surface area (Å²) in [6, 6.07) is 0.0930. The van der Waals surface area contributed by atoms with Crippen LogP contribution in [0.25, 0.3) is 0 Å². The van der Waals surface area contributed by atoms with Crippen LogP contribution in [0.15, 0.2) is 0 Å². The molecule has 0 bridgehead atoms. The van der Waals surface area contributed by atoms with Gasteiger partial charge in [-0.05, 0) is 38.0 Å². The fourth-order valence-electron chi connectivity index (χ4n) is 2.83. The smallest absolute Gasteiger partial charge is 0.323 e. The predicted octanol–water partition coefficient (Wildman–Crippen LogP) is 2.17. The molecule has 1 aliphatic carbocycles. The SMILES string of the molecule is CCC1CCCN(C(=O)N(CC(=O)O)C2CC2)CC1. The molecule has 0 aromatic carbocycles. The van der Waals surface area contributed by atoms with E-state index in [0.717, 1.165) is 38.8 Å². The molecule has 5 nitrogen and oxygen atoms in total. The number of hydrogen-bond donors (Lipinski definition) is 1. The molecule has 1 aliphatic heterocycles. The average molecular weight is 268 g/mol. The van der Waals surface area contributed by atoms with Crippen molar-refractivity contribution in [2.75, 3.05) is 19.6 Å². The minimum absolute atomic E-state index is 0.0679. The lowest BCUT2D eigenvalue weighted by molar-refractivity contribution is -0.137. The molecule has 2 fully saturated rings. The Bertz CT molecular complexity index is 342. The molecule has 19 heavy (non-hydrogen) atoms. The first-order valence-corrected chi connectivity index (χ1v) is 7.39. The van der Waals surface area contributed by atoms with Gasteiger partial charge in [-0.25, -0.2) is 4.79 Å². The lowest BCUT2D eigenvalue weighted by Gasteiger charge is -2.29. The van der Waals surface area contributed by atoms with Gasteiger partial charge in [-0.15, -0.1) is 0 Å². The van der Waals surface area contributed by atoms with Gasteiger partial charge in [-0.2, -0.15) is 0 Å². The Morgan fingerprint density at radius 2 is 1.95 bits per heavy atom. The summed E-state index contributed by atoms with van der Waals surface area (Å²) >= 11 is 0. The maximum atomic E-state index is 12.5. The number of urea groups is 1. The summed E-state index contributed by atoms with van der Waals surface area (Å²) in [5.74, 6) is -0.201. The number of carbonyl (C=O) groups excluding carboxylic acids is 1. The lowest BCUT2D eigenvalue weighted by Crippen LogP contribution is -2.46. The molecular weight excluding hydrogens is 244 g/mol. The van der Waals surface area contributed by atoms with E-state index in [-0.39, 0.29) is 18.6 Å². The molecule has 2 amide bonds. The molecule has 0 spiro atoms. The largest absolute Gasteiger partial charge is 0.480 e. The molecule has 1 saturated heterocycles. The average Bonchev–Trinajstić information content (AvgIpc) is 3.20. The summed E-state index contributed by atoms with van der Waals surface area (Å²) < 4.78 is 0. The van der Waals surface area contributed by atoms with Gasteiger partial charge < -0.3 is 14.9 Å². The third kappa shape index (κ3) is 3.85. The van der Waals surface area contributed by atoms with Gasteiger partial charge in [0.1, 0.15) is 6.54 Å². The van der Waals surface area contributed by atoms with Crippen LogP contribution in [0.1, 0.15) is 45.4 Å². The van der Waals surface area contributed by atoms with E-state index in [0.29, 0.717) is 5.92 Å². The minimum atomic E-state index is -0.915. The summed E-state index contributed by atoms with van der Waals surface area (Å²) in [6.45, 7) is 3.60. The number of aliphatic carboxylic acids is 1. The molecule has 0 aromatic heterocycles. The summed E-state index contributed by atoms with van der Waals surface area (Å²) in [4.78, 5) is 26.7. The van der Waals surface area contributed by atoms with Crippen molar-refractivity contribution in [3.63, 3.8) is 0 Å². The number of amides is 2. The van der Waals surface area contributed by atoms with E-state index in [4.69, 9.17) is 5.11 Å². The van der Waals surface area contributed by atoms with E-state index in [1.54, 1.807) is 4.90 Å². The lowest BCUT2D eigenvalue weighted by atomic mass is 9.98. The summed E-state index contributed by atoms with van der Waals surface area (Å²) in [7, 11) is 0. The number of rotatable bonds is 4. The van der Waals surface area contributed by atoms with Crippen molar-refractivity contribution in [3.05, 3.63) is 0 Å². The van der Waals surface area contributed by atoms with Crippen LogP contribution in [-0.2, 0) is 4.79 Å². The Kier molecular flexibility index (Phi) is 4.66. The van der Waals surface area contributed by atoms with E-state index in [2.05, 4.69) is 6.92 Å². The topological polar surface area (TPSA) is 60.9 Å². The van der Waals surface area contributed by atoms with Crippen molar-refractivity contribution in [2.24, 2.45) is 5.92 Å². The van der Waals surface area contributed by atoms with E-state index in [1.165, 1.54) is 12.8 Å². The first-order chi connectivity index (χ1) is 9.11. The molecular formula is C14H24N2O3. The number of likely N-dealkylation sites (tertiary alicyclic amines) is 1. The Labute approximate surface area is 114 Å². The third-order valence-corrected chi connectivity index (χ3v) is 4.23. The highest BCUT2D eigenvalue weighted by molar-refractivity contribution is 5.80. The molecule has 108 valence electrons. The first kappa shape index (κ1) is 14.2. The van der Waals surface area contributed by atoms with Crippen molar-refractivity contribution in [1.82, 2.24) is 9.80 Å². The first-order valence-electron chi connectivity index (χ1n) is 7.39. The van der Waals surface area contributed by atoms with Gasteiger partial charge in [-0.1, -0.05) is 13.3 Å². The normalized spacial score (nSPS) is 23.8. The molecule has 1 atom stereocenters. The van der Waals surface area contributed by atoms with Crippen molar-refractivity contribution in [1.29, 1.82) is 0 Å². The Hall–Kier alpha value is -1.26. The predicted molar refractivity (Wildman–Crippen MR) is 72.0 cm³/mol. The van der Waals surface area contributed by atoms with E-state index in [1.807, 2.05) is 4.90 Å². The van der Waals surface area contributed by atoms with Gasteiger partial charge in [0.25, 0.3) is 0 Å². The molecule has 5 heteroatoms. The van der Waals surface area contributed by atoms with Gasteiger partial charge in [0, 0.05) is 19.1 Å². The number of hydrogen-bond acceptors (Lipinski definition) is 2. The zero-order chi connectivity index (χ0) is 13.8. The summed E-state index contributed by atoms with van der Waals surface area (Å²) in [5, 5.41) is 8.93. The highest BCUT2D eigenvalue weighted by Gasteiger charge is 2.36. The van der Waals surface area contributed by atoms with Crippen molar-refractivity contribution < 1.29 is 14.7 Å². The minimum Gasteiger partial charge on any atom is -0.480 e. The van der Waals surface area contributed by atoms with Crippen LogP contribution in [0, 0.1) is 5.92 Å². The molecule has 1 N–H and O–H groups in total. The standard InChI is InChI=1S/C14H24N2O3/c1-2-11-4-3-8-15(9-7-11)14(19)16(10-13(17)18)12-5-6-12/h11-12H,2-10H2,1H3,(H,17,18). The summed E-state index contributed by atoms with van der Waals surface area (Å²) in [6.07, 6.45) is 6.34. The second-order valence-corrected chi connectivity index (χ2v) is 5.73. The van der Waals surface area contributed by atoms with Gasteiger partial charge in [0.05, 0.1) is 0 Å². The number of carboxylic acids is 1. The van der Waals surface area contributed by atoms with Gasteiger partial charge in [0.2, 0.25) is 0 Å². The van der Waals surface area contributed by atoms with E-state index < -0.39 is 5.97 Å². The Morgan fingerprint density at radius 3 is 2.53 bits per heavy atom. The van der Waals surface area contributed by atoms with Crippen LogP contribution in [0.2, 0.25) is 0 Å². The van der Waals surface area contributed by atoms with E-state index in [9.17, 15) is 9.59 Å². The second-order valence-electron chi connectivity index (χ2n) is 5.73. The Balaban J connectivity index is 1.94. The van der Waals surface area contributed by atoms with Crippen LogP contribution in [0.4, 0.5) is 4.79 Å². The number of carbonyl (C=O) groups is 2. The van der Waals surface area contributed by atoms with Gasteiger partial charge in [0.15, 0.2) is 0 Å². The summed E-state index contributed by atoms with van der Waals surface area (Å²) in [5.41, 5.74) is 0. The number of nitrogens with zero attached hydrogens (tertiary/aromatic N) is 2. The van der Waals surface area contributed by atoms with Crippen LogP contribution >= 0.6 is 0 Å².